The Labute approximate surface area is 152 Å². The van der Waals surface area contributed by atoms with Crippen LogP contribution in [0, 0.1) is 0 Å². The topological polar surface area (TPSA) is 65.8 Å². The molecule has 1 atom stereocenters. The van der Waals surface area contributed by atoms with E-state index in [4.69, 9.17) is 14.2 Å². The second-order valence-electron chi connectivity index (χ2n) is 6.60. The Kier molecular flexibility index (Phi) is 4.79. The van der Waals surface area contributed by atoms with Crippen LogP contribution in [0.1, 0.15) is 34.9 Å². The Morgan fingerprint density at radius 3 is 2.96 bits per heavy atom. The minimum Gasteiger partial charge on any atom is -0.490 e. The molecule has 0 fully saturated rings. The van der Waals surface area contributed by atoms with Gasteiger partial charge in [-0.15, -0.1) is 0 Å². The van der Waals surface area contributed by atoms with E-state index in [2.05, 4.69) is 5.10 Å². The van der Waals surface area contributed by atoms with Gasteiger partial charge in [0.2, 0.25) is 0 Å². The third-order valence-corrected chi connectivity index (χ3v) is 4.82. The van der Waals surface area contributed by atoms with E-state index in [9.17, 15) is 4.79 Å². The molecule has 2 aliphatic rings. The summed E-state index contributed by atoms with van der Waals surface area (Å²) in [6, 6.07) is 7.51. The van der Waals surface area contributed by atoms with E-state index in [1.807, 2.05) is 27.8 Å². The average Bonchev–Trinajstić information content (AvgIpc) is 3.02. The Morgan fingerprint density at radius 2 is 2.12 bits per heavy atom. The van der Waals surface area contributed by atoms with Crippen LogP contribution < -0.4 is 9.47 Å². The highest BCUT2D eigenvalue weighted by Gasteiger charge is 2.29. The highest BCUT2D eigenvalue weighted by molar-refractivity contribution is 5.95. The number of carbonyl (C=O) groups is 1. The quantitative estimate of drug-likeness (QED) is 0.840. The summed E-state index contributed by atoms with van der Waals surface area (Å²) in [5.41, 5.74) is 1.66. The number of fused-ring (bicyclic) bond motifs is 2. The number of hydrogen-bond donors (Lipinski definition) is 0. The lowest BCUT2D eigenvalue weighted by Gasteiger charge is -2.34. The molecule has 0 radical (unpaired) electrons. The number of rotatable bonds is 4. The molecule has 0 saturated carbocycles. The average molecular weight is 357 g/mol. The minimum atomic E-state index is -0.00415. The molecule has 0 unspecified atom stereocenters. The third kappa shape index (κ3) is 3.26. The molecule has 3 heterocycles. The lowest BCUT2D eigenvalue weighted by atomic mass is 10.1. The molecule has 138 valence electrons. The Morgan fingerprint density at radius 1 is 1.27 bits per heavy atom. The largest absolute Gasteiger partial charge is 0.490 e. The molecule has 0 N–H and O–H groups in total. The smallest absolute Gasteiger partial charge is 0.254 e. The lowest BCUT2D eigenvalue weighted by molar-refractivity contribution is 0.0641. The van der Waals surface area contributed by atoms with Gasteiger partial charge in [0, 0.05) is 38.4 Å². The molecule has 7 heteroatoms. The van der Waals surface area contributed by atoms with Gasteiger partial charge in [0.25, 0.3) is 5.91 Å². The van der Waals surface area contributed by atoms with Gasteiger partial charge in [-0.2, -0.15) is 5.10 Å². The maximum Gasteiger partial charge on any atom is 0.254 e. The number of hydrogen-bond acceptors (Lipinski definition) is 5. The van der Waals surface area contributed by atoms with Crippen molar-refractivity contribution in [1.29, 1.82) is 0 Å². The standard InChI is InChI=1S/C19H23N3O4/c1-24-10-6-16-13-21(12-15-5-7-20-22(15)16)19(23)14-3-4-17-18(11-14)26-9-2-8-25-17/h3-5,7,11,16H,2,6,8-10,12-13H2,1H3/t16-/m0/s1. The second-order valence-corrected chi connectivity index (χ2v) is 6.60. The summed E-state index contributed by atoms with van der Waals surface area (Å²) < 4.78 is 18.6. The minimum absolute atomic E-state index is 0.00415. The van der Waals surface area contributed by atoms with E-state index in [0.717, 1.165) is 18.5 Å². The summed E-state index contributed by atoms with van der Waals surface area (Å²) in [7, 11) is 1.69. The van der Waals surface area contributed by atoms with Crippen LogP contribution in [-0.2, 0) is 11.3 Å². The Hall–Kier alpha value is -2.54. The van der Waals surface area contributed by atoms with Crippen molar-refractivity contribution < 1.29 is 19.0 Å². The number of ether oxygens (including phenoxy) is 3. The number of aromatic nitrogens is 2. The second kappa shape index (κ2) is 7.37. The van der Waals surface area contributed by atoms with Gasteiger partial charge in [-0.3, -0.25) is 9.48 Å². The lowest BCUT2D eigenvalue weighted by Crippen LogP contribution is -2.41. The van der Waals surface area contributed by atoms with Gasteiger partial charge >= 0.3 is 0 Å². The molecule has 1 amide bonds. The number of carbonyl (C=O) groups excluding carboxylic acids is 1. The molecule has 2 aliphatic heterocycles. The highest BCUT2D eigenvalue weighted by atomic mass is 16.5. The first-order valence-corrected chi connectivity index (χ1v) is 8.96. The van der Waals surface area contributed by atoms with Crippen molar-refractivity contribution >= 4 is 5.91 Å². The van der Waals surface area contributed by atoms with Gasteiger partial charge in [-0.1, -0.05) is 0 Å². The Bertz CT molecular complexity index is 789. The molecule has 1 aromatic carbocycles. The van der Waals surface area contributed by atoms with Gasteiger partial charge < -0.3 is 19.1 Å². The van der Waals surface area contributed by atoms with E-state index in [1.165, 1.54) is 0 Å². The molecule has 4 rings (SSSR count). The predicted molar refractivity (Wildman–Crippen MR) is 94.5 cm³/mol. The van der Waals surface area contributed by atoms with Crippen LogP contribution in [0.3, 0.4) is 0 Å². The van der Waals surface area contributed by atoms with Crippen LogP contribution in [0.2, 0.25) is 0 Å². The first-order valence-electron chi connectivity index (χ1n) is 8.96. The van der Waals surface area contributed by atoms with E-state index in [1.54, 1.807) is 19.4 Å². The molecule has 7 nitrogen and oxygen atoms in total. The van der Waals surface area contributed by atoms with Crippen LogP contribution in [-0.4, -0.2) is 54.1 Å². The zero-order valence-electron chi connectivity index (χ0n) is 14.9. The number of nitrogens with zero attached hydrogens (tertiary/aromatic N) is 3. The summed E-state index contributed by atoms with van der Waals surface area (Å²) in [4.78, 5) is 15.0. The fourth-order valence-electron chi connectivity index (χ4n) is 3.49. The molecule has 0 bridgehead atoms. The van der Waals surface area contributed by atoms with Crippen LogP contribution in [0.4, 0.5) is 0 Å². The van der Waals surface area contributed by atoms with Crippen molar-refractivity contribution in [3.05, 3.63) is 41.7 Å². The fraction of sp³-hybridized carbons (Fsp3) is 0.474. The Balaban J connectivity index is 1.56. The van der Waals surface area contributed by atoms with Crippen molar-refractivity contribution in [3.63, 3.8) is 0 Å². The van der Waals surface area contributed by atoms with Crippen molar-refractivity contribution in [2.45, 2.75) is 25.4 Å². The van der Waals surface area contributed by atoms with Crippen LogP contribution in [0.15, 0.2) is 30.5 Å². The maximum atomic E-state index is 13.1. The first-order chi connectivity index (χ1) is 12.8. The summed E-state index contributed by atoms with van der Waals surface area (Å²) in [6.45, 7) is 3.04. The van der Waals surface area contributed by atoms with Crippen molar-refractivity contribution in [3.8, 4) is 11.5 Å². The van der Waals surface area contributed by atoms with Crippen molar-refractivity contribution in [1.82, 2.24) is 14.7 Å². The summed E-state index contributed by atoms with van der Waals surface area (Å²) in [5, 5.41) is 4.41. The van der Waals surface area contributed by atoms with Crippen LogP contribution in [0.5, 0.6) is 11.5 Å². The monoisotopic (exact) mass is 357 g/mol. The number of methoxy groups -OCH3 is 1. The summed E-state index contributed by atoms with van der Waals surface area (Å²) in [6.07, 6.45) is 3.45. The molecular weight excluding hydrogens is 334 g/mol. The van der Waals surface area contributed by atoms with Gasteiger partial charge in [0.15, 0.2) is 11.5 Å². The molecule has 2 aromatic rings. The van der Waals surface area contributed by atoms with E-state index >= 15 is 0 Å². The molecule has 0 spiro atoms. The molecular formula is C19H23N3O4. The molecule has 26 heavy (non-hydrogen) atoms. The molecule has 0 aliphatic carbocycles. The predicted octanol–water partition coefficient (Wildman–Crippen LogP) is 2.28. The summed E-state index contributed by atoms with van der Waals surface area (Å²) >= 11 is 0. The number of benzene rings is 1. The number of amides is 1. The molecule has 1 aromatic heterocycles. The zero-order valence-corrected chi connectivity index (χ0v) is 14.9. The van der Waals surface area contributed by atoms with E-state index in [0.29, 0.717) is 50.0 Å². The zero-order chi connectivity index (χ0) is 17.9. The van der Waals surface area contributed by atoms with Crippen molar-refractivity contribution in [2.24, 2.45) is 0 Å². The third-order valence-electron chi connectivity index (χ3n) is 4.82. The van der Waals surface area contributed by atoms with E-state index in [-0.39, 0.29) is 11.9 Å². The first kappa shape index (κ1) is 16.9. The fourth-order valence-corrected chi connectivity index (χ4v) is 3.49. The summed E-state index contributed by atoms with van der Waals surface area (Å²) in [5.74, 6) is 1.34. The maximum absolute atomic E-state index is 13.1. The van der Waals surface area contributed by atoms with Gasteiger partial charge in [-0.25, -0.2) is 0 Å². The molecule has 0 saturated heterocycles. The van der Waals surface area contributed by atoms with Gasteiger partial charge in [-0.05, 0) is 30.7 Å². The van der Waals surface area contributed by atoms with Gasteiger partial charge in [0.05, 0.1) is 31.5 Å². The van der Waals surface area contributed by atoms with Gasteiger partial charge in [0.1, 0.15) is 0 Å². The SMILES string of the molecule is COCC[C@H]1CN(C(=O)c2ccc3c(c2)OCCCO3)Cc2ccnn21. The van der Waals surface area contributed by atoms with Crippen LogP contribution >= 0.6 is 0 Å². The van der Waals surface area contributed by atoms with Crippen molar-refractivity contribution in [2.75, 3.05) is 33.5 Å². The normalized spacial score (nSPS) is 19.0. The van der Waals surface area contributed by atoms with E-state index < -0.39 is 0 Å². The highest BCUT2D eigenvalue weighted by Crippen LogP contribution is 2.32. The van der Waals surface area contributed by atoms with Crippen LogP contribution in [0.25, 0.3) is 0 Å².